The van der Waals surface area contributed by atoms with Crippen molar-refractivity contribution in [2.45, 2.75) is 63.4 Å². The van der Waals surface area contributed by atoms with Crippen LogP contribution < -0.4 is 9.47 Å². The standard InChI is InChI=1S/C30H34N2O2/c1-30-14-13-23-22-12-10-20(33-3)15-19(22)9-11-24(23)25(30)16-21-17-26(30)27-28(18-7-5-4-6-8-18)31-32(2)29(27)34-21/h4-8,10,12,15,21,23-26H,9,11,13-14,16-17H2,1-3H3/t21-,23-,24-,25+,26+,30+/m1/s1. The maximum Gasteiger partial charge on any atom is 0.216 e. The minimum absolute atomic E-state index is 0.298. The third kappa shape index (κ3) is 2.80. The molecule has 3 aliphatic carbocycles. The number of rotatable bonds is 2. The first-order valence-electron chi connectivity index (χ1n) is 13.0. The van der Waals surface area contributed by atoms with E-state index in [0.29, 0.717) is 29.3 Å². The Morgan fingerprint density at radius 1 is 1.09 bits per heavy atom. The Hall–Kier alpha value is -2.75. The summed E-state index contributed by atoms with van der Waals surface area (Å²) < 4.78 is 14.2. The van der Waals surface area contributed by atoms with Gasteiger partial charge in [0.2, 0.25) is 5.88 Å². The fourth-order valence-corrected chi connectivity index (χ4v) is 8.31. The lowest BCUT2D eigenvalue weighted by molar-refractivity contribution is -0.0742. The van der Waals surface area contributed by atoms with E-state index >= 15 is 0 Å². The molecule has 0 N–H and O–H groups in total. The van der Waals surface area contributed by atoms with Crippen molar-refractivity contribution in [1.29, 1.82) is 0 Å². The summed E-state index contributed by atoms with van der Waals surface area (Å²) in [6.07, 6.45) is 7.66. The largest absolute Gasteiger partial charge is 0.497 e. The van der Waals surface area contributed by atoms with Crippen molar-refractivity contribution in [3.63, 3.8) is 0 Å². The highest BCUT2D eigenvalue weighted by Crippen LogP contribution is 2.66. The van der Waals surface area contributed by atoms with Crippen molar-refractivity contribution in [3.05, 3.63) is 65.2 Å². The van der Waals surface area contributed by atoms with Crippen LogP contribution in [0.2, 0.25) is 0 Å². The number of aromatic nitrogens is 2. The molecular weight excluding hydrogens is 420 g/mol. The number of nitrogens with zero attached hydrogens (tertiary/aromatic N) is 2. The van der Waals surface area contributed by atoms with Crippen molar-refractivity contribution in [2.24, 2.45) is 24.3 Å². The lowest BCUT2D eigenvalue weighted by Crippen LogP contribution is -2.53. The third-order valence-electron chi connectivity index (χ3n) is 9.89. The highest BCUT2D eigenvalue weighted by molar-refractivity contribution is 5.67. The average Bonchev–Trinajstić information content (AvgIpc) is 3.20. The lowest BCUT2D eigenvalue weighted by Gasteiger charge is -2.60. The summed E-state index contributed by atoms with van der Waals surface area (Å²) in [5.41, 5.74) is 7.11. The van der Waals surface area contributed by atoms with Crippen molar-refractivity contribution in [1.82, 2.24) is 9.78 Å². The summed E-state index contributed by atoms with van der Waals surface area (Å²) in [4.78, 5) is 0. The van der Waals surface area contributed by atoms with E-state index in [9.17, 15) is 0 Å². The second-order valence-electron chi connectivity index (χ2n) is 11.3. The van der Waals surface area contributed by atoms with Gasteiger partial charge in [0.05, 0.1) is 12.8 Å². The Labute approximate surface area is 202 Å². The van der Waals surface area contributed by atoms with Gasteiger partial charge >= 0.3 is 0 Å². The molecule has 3 aromatic rings. The first kappa shape index (κ1) is 20.6. The molecule has 1 aromatic heterocycles. The lowest BCUT2D eigenvalue weighted by atomic mass is 9.46. The van der Waals surface area contributed by atoms with Gasteiger partial charge in [-0.15, -0.1) is 0 Å². The average molecular weight is 455 g/mol. The quantitative estimate of drug-likeness (QED) is 0.444. The molecule has 6 atom stereocenters. The monoisotopic (exact) mass is 454 g/mol. The number of fused-ring (bicyclic) bond motifs is 10. The minimum atomic E-state index is 0.298. The first-order chi connectivity index (χ1) is 16.6. The number of hydrogen-bond donors (Lipinski definition) is 0. The maximum atomic E-state index is 6.69. The Morgan fingerprint density at radius 3 is 2.76 bits per heavy atom. The molecule has 4 nitrogen and oxygen atoms in total. The van der Waals surface area contributed by atoms with E-state index in [-0.39, 0.29) is 0 Å². The van der Waals surface area contributed by atoms with Crippen LogP contribution in [0.5, 0.6) is 11.6 Å². The Balaban J connectivity index is 1.30. The van der Waals surface area contributed by atoms with Crippen LogP contribution in [0.15, 0.2) is 48.5 Å². The van der Waals surface area contributed by atoms with Gasteiger partial charge in [0.1, 0.15) is 11.9 Å². The Kier molecular flexibility index (Phi) is 4.47. The molecule has 176 valence electrons. The third-order valence-corrected chi connectivity index (χ3v) is 9.89. The SMILES string of the molecule is COc1ccc2c(c1)CC[C@@H]1[C@@H]2CC[C@]2(C)[C@H]3C[C@@H](C[C@@H]12)Oc1c3c(-c2ccccc2)nn1C. The molecule has 2 fully saturated rings. The van der Waals surface area contributed by atoms with Crippen LogP contribution in [0.1, 0.15) is 67.6 Å². The zero-order valence-corrected chi connectivity index (χ0v) is 20.5. The van der Waals surface area contributed by atoms with Crippen LogP contribution in [0.4, 0.5) is 0 Å². The number of ether oxygens (including phenoxy) is 2. The molecule has 2 bridgehead atoms. The normalized spacial score (nSPS) is 33.1. The van der Waals surface area contributed by atoms with E-state index in [1.165, 1.54) is 48.8 Å². The molecule has 0 saturated heterocycles. The zero-order valence-electron chi connectivity index (χ0n) is 20.5. The topological polar surface area (TPSA) is 36.3 Å². The van der Waals surface area contributed by atoms with Crippen LogP contribution in [-0.2, 0) is 13.5 Å². The zero-order chi connectivity index (χ0) is 23.0. The van der Waals surface area contributed by atoms with E-state index in [0.717, 1.165) is 29.7 Å². The maximum absolute atomic E-state index is 6.69. The van der Waals surface area contributed by atoms with E-state index in [1.54, 1.807) is 12.7 Å². The molecule has 2 saturated carbocycles. The molecule has 0 radical (unpaired) electrons. The molecule has 2 heterocycles. The van der Waals surface area contributed by atoms with Crippen LogP contribution in [0.3, 0.4) is 0 Å². The van der Waals surface area contributed by atoms with Crippen LogP contribution in [0, 0.1) is 17.3 Å². The molecule has 4 heteroatoms. The highest BCUT2D eigenvalue weighted by atomic mass is 16.5. The van der Waals surface area contributed by atoms with Gasteiger partial charge in [0.15, 0.2) is 0 Å². The molecule has 7 rings (SSSR count). The summed E-state index contributed by atoms with van der Waals surface area (Å²) in [5, 5.41) is 5.00. The van der Waals surface area contributed by atoms with Crippen LogP contribution in [0.25, 0.3) is 11.3 Å². The van der Waals surface area contributed by atoms with Crippen molar-refractivity contribution < 1.29 is 9.47 Å². The molecule has 2 aromatic carbocycles. The summed E-state index contributed by atoms with van der Waals surface area (Å²) in [6.45, 7) is 2.61. The summed E-state index contributed by atoms with van der Waals surface area (Å²) in [5.74, 6) is 4.64. The molecule has 4 aliphatic rings. The molecule has 1 aliphatic heterocycles. The first-order valence-corrected chi connectivity index (χ1v) is 13.0. The van der Waals surface area contributed by atoms with Gasteiger partial charge in [-0.1, -0.05) is 43.3 Å². The molecule has 0 spiro atoms. The van der Waals surface area contributed by atoms with Crippen molar-refractivity contribution in [2.75, 3.05) is 7.11 Å². The van der Waals surface area contributed by atoms with E-state index < -0.39 is 0 Å². The van der Waals surface area contributed by atoms with Gasteiger partial charge in [0, 0.05) is 24.1 Å². The summed E-state index contributed by atoms with van der Waals surface area (Å²) in [6, 6.07) is 17.5. The highest BCUT2D eigenvalue weighted by Gasteiger charge is 2.58. The fraction of sp³-hybridized carbons (Fsp3) is 0.500. The predicted octanol–water partition coefficient (Wildman–Crippen LogP) is 6.50. The predicted molar refractivity (Wildman–Crippen MR) is 133 cm³/mol. The van der Waals surface area contributed by atoms with Crippen LogP contribution >= 0.6 is 0 Å². The van der Waals surface area contributed by atoms with Crippen molar-refractivity contribution in [3.8, 4) is 22.9 Å². The second-order valence-corrected chi connectivity index (χ2v) is 11.3. The minimum Gasteiger partial charge on any atom is -0.497 e. The number of hydrogen-bond acceptors (Lipinski definition) is 3. The van der Waals surface area contributed by atoms with Gasteiger partial charge in [-0.2, -0.15) is 5.10 Å². The second kappa shape index (κ2) is 7.37. The van der Waals surface area contributed by atoms with Gasteiger partial charge in [0.25, 0.3) is 0 Å². The van der Waals surface area contributed by atoms with E-state index in [4.69, 9.17) is 14.6 Å². The van der Waals surface area contributed by atoms with Gasteiger partial charge < -0.3 is 9.47 Å². The summed E-state index contributed by atoms with van der Waals surface area (Å²) >= 11 is 0. The molecular formula is C30H34N2O2. The molecule has 0 unspecified atom stereocenters. The molecule has 34 heavy (non-hydrogen) atoms. The fourth-order valence-electron chi connectivity index (χ4n) is 8.31. The van der Waals surface area contributed by atoms with Gasteiger partial charge in [-0.25, -0.2) is 4.68 Å². The summed E-state index contributed by atoms with van der Waals surface area (Å²) in [7, 11) is 3.83. The van der Waals surface area contributed by atoms with E-state index in [2.05, 4.69) is 62.5 Å². The van der Waals surface area contributed by atoms with Gasteiger partial charge in [-0.05, 0) is 85.0 Å². The van der Waals surface area contributed by atoms with E-state index in [1.807, 2.05) is 4.68 Å². The Morgan fingerprint density at radius 2 is 1.94 bits per heavy atom. The number of benzene rings is 2. The van der Waals surface area contributed by atoms with Crippen molar-refractivity contribution >= 4 is 0 Å². The Bertz CT molecular complexity index is 1250. The molecule has 0 amide bonds. The smallest absolute Gasteiger partial charge is 0.216 e. The van der Waals surface area contributed by atoms with Crippen LogP contribution in [-0.4, -0.2) is 23.0 Å². The number of methoxy groups -OCH3 is 1. The van der Waals surface area contributed by atoms with Gasteiger partial charge in [-0.3, -0.25) is 0 Å². The number of aryl methyl sites for hydroxylation is 2.